The maximum atomic E-state index is 13.1. The Balaban J connectivity index is 0.000000301. The van der Waals surface area contributed by atoms with E-state index in [1.54, 1.807) is 12.4 Å². The Labute approximate surface area is 211 Å². The highest BCUT2D eigenvalue weighted by Gasteiger charge is 2.45. The van der Waals surface area contributed by atoms with Crippen molar-refractivity contribution < 1.29 is 60.0 Å². The molecule has 3 heterocycles. The number of hydrogen-bond donors (Lipinski definition) is 2. The fourth-order valence-corrected chi connectivity index (χ4v) is 3.71. The Morgan fingerprint density at radius 1 is 1.03 bits per heavy atom. The molecule has 2 aromatic rings. The maximum Gasteiger partial charge on any atom is 0.490 e. The summed E-state index contributed by atoms with van der Waals surface area (Å²) in [5.74, 6) is -4.93. The summed E-state index contributed by atoms with van der Waals surface area (Å²) < 4.78 is 88.8. The molecule has 38 heavy (non-hydrogen) atoms. The minimum absolute atomic E-state index is 0.0000478. The van der Waals surface area contributed by atoms with E-state index in [1.807, 2.05) is 24.3 Å². The third-order valence-corrected chi connectivity index (χ3v) is 5.29. The number of alkyl halides is 6. The predicted octanol–water partition coefficient (Wildman–Crippen LogP) is 4.30. The average Bonchev–Trinajstić information content (AvgIpc) is 3.18. The fourth-order valence-electron chi connectivity index (χ4n) is 3.71. The predicted molar refractivity (Wildman–Crippen MR) is 116 cm³/mol. The zero-order valence-electron chi connectivity index (χ0n) is 19.5. The molecule has 0 unspecified atom stereocenters. The van der Waals surface area contributed by atoms with E-state index in [1.165, 1.54) is 12.1 Å². The molecule has 8 nitrogen and oxygen atoms in total. The number of halogens is 7. The molecule has 4 rings (SSSR count). The van der Waals surface area contributed by atoms with Gasteiger partial charge in [0.1, 0.15) is 23.8 Å². The van der Waals surface area contributed by atoms with Crippen molar-refractivity contribution in [3.63, 3.8) is 0 Å². The van der Waals surface area contributed by atoms with Crippen LogP contribution in [0, 0.1) is 5.82 Å². The van der Waals surface area contributed by atoms with Gasteiger partial charge in [-0.1, -0.05) is 12.1 Å². The van der Waals surface area contributed by atoms with Crippen LogP contribution in [0.15, 0.2) is 48.8 Å². The number of aromatic nitrogens is 1. The van der Waals surface area contributed by atoms with Gasteiger partial charge < -0.3 is 19.7 Å². The number of fused-ring (bicyclic) bond motifs is 1. The van der Waals surface area contributed by atoms with E-state index in [-0.39, 0.29) is 18.0 Å². The van der Waals surface area contributed by atoms with Crippen molar-refractivity contribution in [2.24, 2.45) is 0 Å². The SMILES string of the molecule is Fc1ccc(CN2C[C@H](Oc3cccnc3)[C@H]3OCCC[C@@H]32)cc1.O=C(O)C(F)(F)F.O=C(O)C(F)(F)F. The van der Waals surface area contributed by atoms with Gasteiger partial charge in [-0.05, 0) is 42.7 Å². The summed E-state index contributed by atoms with van der Waals surface area (Å²) >= 11 is 0. The van der Waals surface area contributed by atoms with Crippen LogP contribution in [-0.2, 0) is 20.9 Å². The van der Waals surface area contributed by atoms with Crippen LogP contribution in [0.25, 0.3) is 0 Å². The third kappa shape index (κ3) is 9.78. The molecule has 2 saturated heterocycles. The lowest BCUT2D eigenvalue weighted by Crippen LogP contribution is -2.42. The van der Waals surface area contributed by atoms with Crippen LogP contribution in [0.2, 0.25) is 0 Å². The smallest absolute Gasteiger partial charge is 0.485 e. The lowest BCUT2D eigenvalue weighted by molar-refractivity contribution is -0.193. The largest absolute Gasteiger partial charge is 0.490 e. The summed E-state index contributed by atoms with van der Waals surface area (Å²) in [6.45, 7) is 2.39. The third-order valence-electron chi connectivity index (χ3n) is 5.29. The summed E-state index contributed by atoms with van der Waals surface area (Å²) in [5.41, 5.74) is 1.11. The first-order valence-corrected chi connectivity index (χ1v) is 11.0. The van der Waals surface area contributed by atoms with Crippen molar-refractivity contribution in [3.05, 3.63) is 60.2 Å². The topological polar surface area (TPSA) is 109 Å². The van der Waals surface area contributed by atoms with Crippen LogP contribution >= 0.6 is 0 Å². The van der Waals surface area contributed by atoms with Crippen LogP contribution < -0.4 is 4.74 Å². The minimum Gasteiger partial charge on any atom is -0.485 e. The zero-order valence-corrected chi connectivity index (χ0v) is 19.5. The average molecular weight is 556 g/mol. The summed E-state index contributed by atoms with van der Waals surface area (Å²) in [7, 11) is 0. The van der Waals surface area contributed by atoms with Gasteiger partial charge in [-0.2, -0.15) is 26.3 Å². The molecule has 2 aliphatic heterocycles. The van der Waals surface area contributed by atoms with Crippen LogP contribution in [0.3, 0.4) is 0 Å². The van der Waals surface area contributed by atoms with Crippen molar-refractivity contribution in [1.29, 1.82) is 0 Å². The molecule has 0 spiro atoms. The lowest BCUT2D eigenvalue weighted by atomic mass is 10.0. The van der Waals surface area contributed by atoms with E-state index in [2.05, 4.69) is 9.88 Å². The Morgan fingerprint density at radius 3 is 2.11 bits per heavy atom. The zero-order chi connectivity index (χ0) is 28.5. The van der Waals surface area contributed by atoms with Crippen molar-refractivity contribution in [2.45, 2.75) is 50.0 Å². The van der Waals surface area contributed by atoms with Crippen molar-refractivity contribution in [3.8, 4) is 5.75 Å². The Morgan fingerprint density at radius 2 is 1.61 bits per heavy atom. The van der Waals surface area contributed by atoms with E-state index in [9.17, 15) is 30.7 Å². The summed E-state index contributed by atoms with van der Waals surface area (Å²) in [4.78, 5) is 24.3. The number of carboxylic acid groups (broad SMARTS) is 2. The lowest BCUT2D eigenvalue weighted by Gasteiger charge is -2.32. The van der Waals surface area contributed by atoms with Gasteiger partial charge in [0.25, 0.3) is 0 Å². The molecule has 15 heteroatoms. The maximum absolute atomic E-state index is 13.1. The molecular formula is C23H23F7N2O6. The second kappa shape index (κ2) is 13.4. The molecule has 0 amide bonds. The van der Waals surface area contributed by atoms with E-state index in [0.717, 1.165) is 43.9 Å². The number of pyridine rings is 1. The van der Waals surface area contributed by atoms with Gasteiger partial charge in [-0.25, -0.2) is 14.0 Å². The van der Waals surface area contributed by atoms with Gasteiger partial charge in [-0.3, -0.25) is 9.88 Å². The van der Waals surface area contributed by atoms with Crippen molar-refractivity contribution >= 4 is 11.9 Å². The standard InChI is InChI=1S/C19H21FN2O2.2C2HF3O2/c20-15-7-5-14(6-8-15)12-22-13-18(19-17(22)4-2-10-23-19)24-16-3-1-9-21-11-16;2*3-2(4,5)1(6)7/h1,3,5-9,11,17-19H,2,4,10,12-13H2;2*(H,6,7)/t17-,18-,19-;;/m0../s1. The van der Waals surface area contributed by atoms with Gasteiger partial charge in [0.05, 0.1) is 6.20 Å². The number of rotatable bonds is 4. The van der Waals surface area contributed by atoms with Gasteiger partial charge in [0.15, 0.2) is 0 Å². The van der Waals surface area contributed by atoms with Crippen LogP contribution in [0.1, 0.15) is 18.4 Å². The number of carbonyl (C=O) groups is 2. The highest BCUT2D eigenvalue weighted by atomic mass is 19.4. The van der Waals surface area contributed by atoms with Crippen molar-refractivity contribution in [2.75, 3.05) is 13.2 Å². The molecule has 3 atom stereocenters. The Bertz CT molecular complexity index is 1010. The van der Waals surface area contributed by atoms with Crippen LogP contribution in [0.5, 0.6) is 5.75 Å². The number of carboxylic acids is 2. The summed E-state index contributed by atoms with van der Waals surface area (Å²) in [5, 5.41) is 14.2. The molecule has 0 radical (unpaired) electrons. The van der Waals surface area contributed by atoms with Gasteiger partial charge in [0, 0.05) is 31.9 Å². The first-order chi connectivity index (χ1) is 17.7. The highest BCUT2D eigenvalue weighted by Crippen LogP contribution is 2.32. The number of aliphatic carboxylic acids is 2. The second-order valence-electron chi connectivity index (χ2n) is 8.05. The molecule has 0 aliphatic carbocycles. The Kier molecular flexibility index (Phi) is 10.8. The van der Waals surface area contributed by atoms with Gasteiger partial charge in [-0.15, -0.1) is 0 Å². The molecule has 0 saturated carbocycles. The van der Waals surface area contributed by atoms with E-state index in [4.69, 9.17) is 29.3 Å². The van der Waals surface area contributed by atoms with Crippen molar-refractivity contribution in [1.82, 2.24) is 9.88 Å². The molecule has 2 aliphatic rings. The van der Waals surface area contributed by atoms with E-state index in [0.29, 0.717) is 6.04 Å². The number of benzene rings is 1. The molecule has 1 aromatic heterocycles. The first-order valence-electron chi connectivity index (χ1n) is 11.0. The molecule has 210 valence electrons. The summed E-state index contributed by atoms with van der Waals surface area (Å²) in [6.07, 6.45) is -4.43. The molecule has 1 aromatic carbocycles. The van der Waals surface area contributed by atoms with Gasteiger partial charge in [0.2, 0.25) is 0 Å². The summed E-state index contributed by atoms with van der Waals surface area (Å²) in [6, 6.07) is 10.9. The fraction of sp³-hybridized carbons (Fsp3) is 0.435. The minimum atomic E-state index is -5.08. The number of nitrogens with zero attached hydrogens (tertiary/aromatic N) is 2. The van der Waals surface area contributed by atoms with E-state index >= 15 is 0 Å². The van der Waals surface area contributed by atoms with Crippen LogP contribution in [-0.4, -0.2) is 75.8 Å². The number of ether oxygens (including phenoxy) is 2. The van der Waals surface area contributed by atoms with Crippen LogP contribution in [0.4, 0.5) is 30.7 Å². The monoisotopic (exact) mass is 556 g/mol. The highest BCUT2D eigenvalue weighted by molar-refractivity contribution is 5.73. The van der Waals surface area contributed by atoms with E-state index < -0.39 is 24.3 Å². The number of likely N-dealkylation sites (tertiary alicyclic amines) is 1. The number of hydrogen-bond acceptors (Lipinski definition) is 6. The first kappa shape index (κ1) is 30.8. The molecule has 0 bridgehead atoms. The Hall–Kier alpha value is -3.46. The van der Waals surface area contributed by atoms with Gasteiger partial charge >= 0.3 is 24.3 Å². The molecule has 2 fully saturated rings. The molecular weight excluding hydrogens is 533 g/mol. The quantitative estimate of drug-likeness (QED) is 0.537. The second-order valence-corrected chi connectivity index (χ2v) is 8.05. The normalized spacial score (nSPS) is 21.2. The molecule has 2 N–H and O–H groups in total.